The zero-order chi connectivity index (χ0) is 18.5. The molecule has 1 aromatic carbocycles. The average Bonchev–Trinajstić information content (AvgIpc) is 3.06. The number of aromatic nitrogens is 3. The molecule has 2 heterocycles. The van der Waals surface area contributed by atoms with Crippen LogP contribution in [0.5, 0.6) is 0 Å². The van der Waals surface area contributed by atoms with Gasteiger partial charge in [-0.25, -0.2) is 4.98 Å². The highest BCUT2D eigenvalue weighted by molar-refractivity contribution is 8.02. The summed E-state index contributed by atoms with van der Waals surface area (Å²) in [4.78, 5) is 16.3. The predicted molar refractivity (Wildman–Crippen MR) is 108 cm³/mol. The van der Waals surface area contributed by atoms with Crippen LogP contribution in [0.2, 0.25) is 5.02 Å². The van der Waals surface area contributed by atoms with Crippen molar-refractivity contribution < 1.29 is 4.79 Å². The summed E-state index contributed by atoms with van der Waals surface area (Å²) in [7, 11) is 0. The number of thioether (sulfide) groups is 1. The standard InChI is InChI=1S/C17H16ClN5OS2/c1-10-5-3-4-6-13(10)20-16-22-23-17(26-16)25-11(2)15(24)21-14-8-7-12(18)9-19-14/h3-9,11H,1-2H3,(H,20,22)(H,19,21,24)/t11-/m1/s1. The molecular formula is C17H16ClN5OS2. The Morgan fingerprint density at radius 2 is 2.04 bits per heavy atom. The number of halogens is 1. The van der Waals surface area contributed by atoms with E-state index in [2.05, 4.69) is 25.8 Å². The molecule has 2 N–H and O–H groups in total. The summed E-state index contributed by atoms with van der Waals surface area (Å²) in [6.07, 6.45) is 1.49. The maximum atomic E-state index is 12.3. The molecule has 134 valence electrons. The maximum absolute atomic E-state index is 12.3. The number of anilines is 3. The third-order valence-corrected chi connectivity index (χ3v) is 5.67. The molecule has 3 rings (SSSR count). The van der Waals surface area contributed by atoms with Gasteiger partial charge in [0.2, 0.25) is 11.0 Å². The van der Waals surface area contributed by atoms with Gasteiger partial charge in [0, 0.05) is 11.9 Å². The summed E-state index contributed by atoms with van der Waals surface area (Å²) >= 11 is 8.54. The molecule has 9 heteroatoms. The zero-order valence-electron chi connectivity index (χ0n) is 14.1. The van der Waals surface area contributed by atoms with Crippen molar-refractivity contribution in [3.8, 4) is 0 Å². The van der Waals surface area contributed by atoms with Gasteiger partial charge in [0.05, 0.1) is 10.3 Å². The van der Waals surface area contributed by atoms with E-state index < -0.39 is 0 Å². The topological polar surface area (TPSA) is 79.8 Å². The van der Waals surface area contributed by atoms with E-state index in [0.717, 1.165) is 11.3 Å². The Hall–Kier alpha value is -2.16. The third-order valence-electron chi connectivity index (χ3n) is 3.42. The minimum atomic E-state index is -0.341. The van der Waals surface area contributed by atoms with Gasteiger partial charge in [0.15, 0.2) is 4.34 Å². The number of carbonyl (C=O) groups is 1. The van der Waals surface area contributed by atoms with E-state index in [0.29, 0.717) is 20.3 Å². The molecular weight excluding hydrogens is 390 g/mol. The van der Waals surface area contributed by atoms with Crippen molar-refractivity contribution in [3.63, 3.8) is 0 Å². The Kier molecular flexibility index (Phi) is 6.08. The van der Waals surface area contributed by atoms with Crippen LogP contribution in [0.15, 0.2) is 46.9 Å². The molecule has 0 saturated carbocycles. The Morgan fingerprint density at radius 3 is 2.77 bits per heavy atom. The number of hydrogen-bond donors (Lipinski definition) is 2. The highest BCUT2D eigenvalue weighted by atomic mass is 35.5. The Morgan fingerprint density at radius 1 is 1.23 bits per heavy atom. The molecule has 1 amide bonds. The van der Waals surface area contributed by atoms with E-state index in [-0.39, 0.29) is 11.2 Å². The Labute approximate surface area is 164 Å². The molecule has 0 aliphatic carbocycles. The monoisotopic (exact) mass is 405 g/mol. The van der Waals surface area contributed by atoms with Crippen molar-refractivity contribution in [3.05, 3.63) is 53.2 Å². The van der Waals surface area contributed by atoms with Crippen LogP contribution in [0.1, 0.15) is 12.5 Å². The average molecular weight is 406 g/mol. The van der Waals surface area contributed by atoms with Crippen molar-refractivity contribution in [1.29, 1.82) is 0 Å². The number of rotatable bonds is 6. The lowest BCUT2D eigenvalue weighted by molar-refractivity contribution is -0.115. The summed E-state index contributed by atoms with van der Waals surface area (Å²) in [6, 6.07) is 11.3. The van der Waals surface area contributed by atoms with Crippen molar-refractivity contribution in [2.24, 2.45) is 0 Å². The zero-order valence-corrected chi connectivity index (χ0v) is 16.5. The number of nitrogens with zero attached hydrogens (tertiary/aromatic N) is 3. The fourth-order valence-electron chi connectivity index (χ4n) is 2.02. The number of nitrogens with one attached hydrogen (secondary N) is 2. The van der Waals surface area contributed by atoms with Crippen molar-refractivity contribution in [1.82, 2.24) is 15.2 Å². The normalized spacial score (nSPS) is 11.8. The van der Waals surface area contributed by atoms with Crippen molar-refractivity contribution >= 4 is 57.2 Å². The van der Waals surface area contributed by atoms with Gasteiger partial charge in [-0.1, -0.05) is 52.9 Å². The number of carbonyl (C=O) groups excluding carboxylic acids is 1. The smallest absolute Gasteiger partial charge is 0.238 e. The molecule has 1 atom stereocenters. The van der Waals surface area contributed by atoms with Gasteiger partial charge in [-0.15, -0.1) is 10.2 Å². The van der Waals surface area contributed by atoms with E-state index in [9.17, 15) is 4.79 Å². The van der Waals surface area contributed by atoms with E-state index in [1.54, 1.807) is 12.1 Å². The molecule has 0 saturated heterocycles. The Balaban J connectivity index is 1.58. The first kappa shape index (κ1) is 18.6. The van der Waals surface area contributed by atoms with E-state index in [1.807, 2.05) is 38.1 Å². The predicted octanol–water partition coefficient (Wildman–Crippen LogP) is 4.76. The lowest BCUT2D eigenvalue weighted by Gasteiger charge is -2.09. The van der Waals surface area contributed by atoms with Crippen LogP contribution >= 0.6 is 34.7 Å². The first-order valence-electron chi connectivity index (χ1n) is 7.76. The van der Waals surface area contributed by atoms with Crippen LogP contribution < -0.4 is 10.6 Å². The maximum Gasteiger partial charge on any atom is 0.238 e. The minimum Gasteiger partial charge on any atom is -0.330 e. The van der Waals surface area contributed by atoms with Gasteiger partial charge >= 0.3 is 0 Å². The van der Waals surface area contributed by atoms with E-state index in [4.69, 9.17) is 11.6 Å². The van der Waals surface area contributed by atoms with Crippen LogP contribution in [0, 0.1) is 6.92 Å². The summed E-state index contributed by atoms with van der Waals surface area (Å²) < 4.78 is 0.716. The highest BCUT2D eigenvalue weighted by Crippen LogP contribution is 2.31. The second-order valence-corrected chi connectivity index (χ2v) is 8.43. The summed E-state index contributed by atoms with van der Waals surface area (Å²) in [5.74, 6) is 0.305. The highest BCUT2D eigenvalue weighted by Gasteiger charge is 2.18. The van der Waals surface area contributed by atoms with Gasteiger partial charge < -0.3 is 10.6 Å². The molecule has 6 nitrogen and oxygen atoms in total. The lowest BCUT2D eigenvalue weighted by atomic mass is 10.2. The minimum absolute atomic E-state index is 0.159. The SMILES string of the molecule is Cc1ccccc1Nc1nnc(S[C@H](C)C(=O)Nc2ccc(Cl)cn2)s1. The first-order chi connectivity index (χ1) is 12.5. The number of benzene rings is 1. The molecule has 0 spiro atoms. The van der Waals surface area contributed by atoms with Crippen molar-refractivity contribution in [2.75, 3.05) is 10.6 Å². The summed E-state index contributed by atoms with van der Waals surface area (Å²) in [5.41, 5.74) is 2.11. The fourth-order valence-corrected chi connectivity index (χ4v) is 4.04. The lowest BCUT2D eigenvalue weighted by Crippen LogP contribution is -2.22. The van der Waals surface area contributed by atoms with Gasteiger partial charge in [0.1, 0.15) is 5.82 Å². The largest absolute Gasteiger partial charge is 0.330 e. The number of amides is 1. The molecule has 0 bridgehead atoms. The molecule has 0 aliphatic rings. The van der Waals surface area contributed by atoms with E-state index >= 15 is 0 Å². The quantitative estimate of drug-likeness (QED) is 0.575. The van der Waals surface area contributed by atoms with Gasteiger partial charge in [-0.3, -0.25) is 4.79 Å². The van der Waals surface area contributed by atoms with Crippen LogP contribution in [-0.2, 0) is 4.79 Å². The molecule has 26 heavy (non-hydrogen) atoms. The first-order valence-corrected chi connectivity index (χ1v) is 9.84. The molecule has 0 unspecified atom stereocenters. The van der Waals surface area contributed by atoms with Crippen LogP contribution in [0.4, 0.5) is 16.6 Å². The van der Waals surface area contributed by atoms with Gasteiger partial charge in [-0.05, 0) is 37.6 Å². The van der Waals surface area contributed by atoms with Gasteiger partial charge in [-0.2, -0.15) is 0 Å². The second kappa shape index (κ2) is 8.48. The third kappa shape index (κ3) is 4.94. The molecule has 3 aromatic rings. The molecule has 2 aromatic heterocycles. The van der Waals surface area contributed by atoms with Crippen LogP contribution in [0.25, 0.3) is 0 Å². The van der Waals surface area contributed by atoms with Crippen LogP contribution in [-0.4, -0.2) is 26.3 Å². The van der Waals surface area contributed by atoms with Gasteiger partial charge in [0.25, 0.3) is 0 Å². The molecule has 0 fully saturated rings. The van der Waals surface area contributed by atoms with Crippen molar-refractivity contribution in [2.45, 2.75) is 23.4 Å². The molecule has 0 radical (unpaired) electrons. The summed E-state index contributed by atoms with van der Waals surface area (Å²) in [6.45, 7) is 3.84. The van der Waals surface area contributed by atoms with Crippen LogP contribution in [0.3, 0.4) is 0 Å². The van der Waals surface area contributed by atoms with E-state index in [1.165, 1.54) is 29.3 Å². The molecule has 0 aliphatic heterocycles. The second-order valence-electron chi connectivity index (χ2n) is 5.42. The fraction of sp³-hybridized carbons (Fsp3) is 0.176. The number of hydrogen-bond acceptors (Lipinski definition) is 7. The Bertz CT molecular complexity index is 900. The number of aryl methyl sites for hydroxylation is 1. The number of pyridine rings is 1. The number of para-hydroxylation sites is 1. The summed E-state index contributed by atoms with van der Waals surface area (Å²) in [5, 5.41) is 15.1.